The Morgan fingerprint density at radius 1 is 1.26 bits per heavy atom. The van der Waals surface area contributed by atoms with Gasteiger partial charge in [-0.3, -0.25) is 4.57 Å². The molecule has 3 aromatic rings. The summed E-state index contributed by atoms with van der Waals surface area (Å²) in [7, 11) is 3.64. The molecule has 0 aliphatic heterocycles. The Bertz CT molecular complexity index is 842. The lowest BCUT2D eigenvalue weighted by molar-refractivity contribution is 0.528. The number of oxazole rings is 1. The molecule has 0 saturated carbocycles. The van der Waals surface area contributed by atoms with Crippen LogP contribution in [-0.2, 0) is 14.1 Å². The third kappa shape index (κ3) is 1.74. The molecule has 0 amide bonds. The van der Waals surface area contributed by atoms with Gasteiger partial charge in [-0.1, -0.05) is 0 Å². The maximum Gasteiger partial charge on any atom is 0.419 e. The molecule has 0 unspecified atom stereocenters. The molecular weight excluding hydrogens is 310 g/mol. The van der Waals surface area contributed by atoms with Crippen LogP contribution >= 0.6 is 15.9 Å². The molecule has 19 heavy (non-hydrogen) atoms. The zero-order valence-electron chi connectivity index (χ0n) is 10.8. The van der Waals surface area contributed by atoms with Crippen LogP contribution in [0.25, 0.3) is 22.4 Å². The van der Waals surface area contributed by atoms with Crippen LogP contribution in [0, 0.1) is 6.92 Å². The summed E-state index contributed by atoms with van der Waals surface area (Å²) in [5.41, 5.74) is 3.15. The van der Waals surface area contributed by atoms with Crippen LogP contribution in [0.1, 0.15) is 5.82 Å². The summed E-state index contributed by atoms with van der Waals surface area (Å²) in [5, 5.41) is 0. The maximum atomic E-state index is 11.5. The summed E-state index contributed by atoms with van der Waals surface area (Å²) in [5.74, 6) is 0.562. The lowest BCUT2D eigenvalue weighted by Gasteiger charge is -2.00. The molecule has 0 saturated heterocycles. The van der Waals surface area contributed by atoms with E-state index in [1.165, 1.54) is 4.57 Å². The molecule has 0 N–H and O–H groups in total. The number of halogens is 1. The van der Waals surface area contributed by atoms with Gasteiger partial charge in [0.25, 0.3) is 0 Å². The normalized spacial score (nSPS) is 11.4. The zero-order valence-corrected chi connectivity index (χ0v) is 12.4. The SMILES string of the molecule is Cc1nc(-c2ccc3oc(=O)n(C)c3c2)c(Br)n1C. The van der Waals surface area contributed by atoms with Crippen LogP contribution in [0.3, 0.4) is 0 Å². The second-order valence-electron chi connectivity index (χ2n) is 4.47. The van der Waals surface area contributed by atoms with E-state index in [-0.39, 0.29) is 5.76 Å². The Hall–Kier alpha value is -1.82. The van der Waals surface area contributed by atoms with Crippen molar-refractivity contribution in [3.63, 3.8) is 0 Å². The Morgan fingerprint density at radius 2 is 2.00 bits per heavy atom. The highest BCUT2D eigenvalue weighted by Crippen LogP contribution is 2.29. The van der Waals surface area contributed by atoms with E-state index < -0.39 is 0 Å². The Balaban J connectivity index is 2.28. The molecule has 0 atom stereocenters. The average Bonchev–Trinajstić information content (AvgIpc) is 2.82. The van der Waals surface area contributed by atoms with Crippen molar-refractivity contribution in [1.82, 2.24) is 14.1 Å². The van der Waals surface area contributed by atoms with Crippen molar-refractivity contribution in [3.8, 4) is 11.3 Å². The van der Waals surface area contributed by atoms with Crippen molar-refractivity contribution < 1.29 is 4.42 Å². The first kappa shape index (κ1) is 12.2. The topological polar surface area (TPSA) is 53.0 Å². The van der Waals surface area contributed by atoms with E-state index in [0.717, 1.165) is 27.2 Å². The minimum atomic E-state index is -0.358. The first-order valence-corrected chi connectivity index (χ1v) is 6.57. The van der Waals surface area contributed by atoms with Crippen LogP contribution in [-0.4, -0.2) is 14.1 Å². The van der Waals surface area contributed by atoms with Crippen LogP contribution < -0.4 is 5.76 Å². The molecule has 3 rings (SSSR count). The number of fused-ring (bicyclic) bond motifs is 1. The number of rotatable bonds is 1. The van der Waals surface area contributed by atoms with Gasteiger partial charge in [0.1, 0.15) is 16.1 Å². The Labute approximate surface area is 117 Å². The summed E-state index contributed by atoms with van der Waals surface area (Å²) in [6, 6.07) is 5.60. The van der Waals surface area contributed by atoms with Gasteiger partial charge < -0.3 is 8.98 Å². The number of hydrogen-bond acceptors (Lipinski definition) is 3. The molecular formula is C13H12BrN3O2. The van der Waals surface area contributed by atoms with Crippen LogP contribution in [0.5, 0.6) is 0 Å². The quantitative estimate of drug-likeness (QED) is 0.692. The van der Waals surface area contributed by atoms with Crippen molar-refractivity contribution in [2.75, 3.05) is 0 Å². The summed E-state index contributed by atoms with van der Waals surface area (Å²) in [4.78, 5) is 16.0. The highest BCUT2D eigenvalue weighted by atomic mass is 79.9. The lowest BCUT2D eigenvalue weighted by atomic mass is 10.1. The second kappa shape index (κ2) is 4.09. The molecule has 0 aliphatic rings. The van der Waals surface area contributed by atoms with Crippen LogP contribution in [0.4, 0.5) is 0 Å². The highest BCUT2D eigenvalue weighted by Gasteiger charge is 2.14. The third-order valence-corrected chi connectivity index (χ3v) is 4.22. The predicted molar refractivity (Wildman–Crippen MR) is 76.1 cm³/mol. The number of aryl methyl sites for hydroxylation is 2. The van der Waals surface area contributed by atoms with Gasteiger partial charge in [0.15, 0.2) is 5.58 Å². The number of imidazole rings is 1. The van der Waals surface area contributed by atoms with Gasteiger partial charge in [0.05, 0.1) is 5.52 Å². The number of aromatic nitrogens is 3. The van der Waals surface area contributed by atoms with Crippen molar-refractivity contribution in [1.29, 1.82) is 0 Å². The Kier molecular flexibility index (Phi) is 2.63. The fraction of sp³-hybridized carbons (Fsp3) is 0.231. The summed E-state index contributed by atoms with van der Waals surface area (Å²) in [6.45, 7) is 1.94. The van der Waals surface area contributed by atoms with Crippen molar-refractivity contribution >= 4 is 27.0 Å². The predicted octanol–water partition coefficient (Wildman–Crippen LogP) is 2.60. The van der Waals surface area contributed by atoms with Gasteiger partial charge in [0.2, 0.25) is 0 Å². The molecule has 2 aromatic heterocycles. The van der Waals surface area contributed by atoms with Crippen molar-refractivity contribution in [3.05, 3.63) is 39.2 Å². The highest BCUT2D eigenvalue weighted by molar-refractivity contribution is 9.10. The van der Waals surface area contributed by atoms with Gasteiger partial charge in [-0.2, -0.15) is 0 Å². The van der Waals surface area contributed by atoms with Gasteiger partial charge in [0, 0.05) is 19.7 Å². The van der Waals surface area contributed by atoms with E-state index in [4.69, 9.17) is 4.42 Å². The van der Waals surface area contributed by atoms with Crippen molar-refractivity contribution in [2.24, 2.45) is 14.1 Å². The van der Waals surface area contributed by atoms with Crippen LogP contribution in [0.2, 0.25) is 0 Å². The molecule has 0 spiro atoms. The van der Waals surface area contributed by atoms with E-state index in [2.05, 4.69) is 20.9 Å². The average molecular weight is 322 g/mol. The molecule has 1 aromatic carbocycles. The lowest BCUT2D eigenvalue weighted by Crippen LogP contribution is -2.08. The van der Waals surface area contributed by atoms with Gasteiger partial charge in [-0.25, -0.2) is 9.78 Å². The van der Waals surface area contributed by atoms with Gasteiger partial charge in [-0.05, 0) is 41.1 Å². The minimum Gasteiger partial charge on any atom is -0.408 e. The van der Waals surface area contributed by atoms with Gasteiger partial charge >= 0.3 is 5.76 Å². The van der Waals surface area contributed by atoms with E-state index in [1.54, 1.807) is 13.1 Å². The molecule has 0 fully saturated rings. The molecule has 0 bridgehead atoms. The van der Waals surface area contributed by atoms with Crippen LogP contribution in [0.15, 0.2) is 32.0 Å². The standard InChI is InChI=1S/C13H12BrN3O2/c1-7-15-11(12(14)16(7)2)8-4-5-10-9(6-8)17(3)13(18)19-10/h4-6H,1-3H3. The monoisotopic (exact) mass is 321 g/mol. The second-order valence-corrected chi connectivity index (χ2v) is 5.22. The van der Waals surface area contributed by atoms with Gasteiger partial charge in [-0.15, -0.1) is 0 Å². The zero-order chi connectivity index (χ0) is 13.7. The Morgan fingerprint density at radius 3 is 2.63 bits per heavy atom. The fourth-order valence-electron chi connectivity index (χ4n) is 2.04. The summed E-state index contributed by atoms with van der Waals surface area (Å²) < 4.78 is 9.49. The molecule has 5 nitrogen and oxygen atoms in total. The fourth-order valence-corrected chi connectivity index (χ4v) is 2.62. The number of benzene rings is 1. The van der Waals surface area contributed by atoms with E-state index in [9.17, 15) is 4.79 Å². The molecule has 0 radical (unpaired) electrons. The van der Waals surface area contributed by atoms with E-state index in [0.29, 0.717) is 5.58 Å². The van der Waals surface area contributed by atoms with E-state index >= 15 is 0 Å². The first-order chi connectivity index (χ1) is 8.99. The summed E-state index contributed by atoms with van der Waals surface area (Å²) >= 11 is 3.53. The summed E-state index contributed by atoms with van der Waals surface area (Å²) in [6.07, 6.45) is 0. The third-order valence-electron chi connectivity index (χ3n) is 3.31. The number of nitrogens with zero attached hydrogens (tertiary/aromatic N) is 3. The molecule has 2 heterocycles. The van der Waals surface area contributed by atoms with Crippen molar-refractivity contribution in [2.45, 2.75) is 6.92 Å². The maximum absolute atomic E-state index is 11.5. The minimum absolute atomic E-state index is 0.358. The molecule has 0 aliphatic carbocycles. The number of hydrogen-bond donors (Lipinski definition) is 0. The van der Waals surface area contributed by atoms with E-state index in [1.807, 2.05) is 30.7 Å². The molecule has 98 valence electrons. The largest absolute Gasteiger partial charge is 0.419 e. The first-order valence-electron chi connectivity index (χ1n) is 5.78. The smallest absolute Gasteiger partial charge is 0.408 e. The molecule has 6 heteroatoms.